The highest BCUT2D eigenvalue weighted by Crippen LogP contribution is 2.32. The Labute approximate surface area is 99.1 Å². The fraction of sp³-hybridized carbons (Fsp3) is 0.0833. The summed E-state index contributed by atoms with van der Waals surface area (Å²) in [4.78, 5) is 21.7. The van der Waals surface area contributed by atoms with Gasteiger partial charge in [0.25, 0.3) is 0 Å². The molecule has 0 aliphatic carbocycles. The van der Waals surface area contributed by atoms with Crippen molar-refractivity contribution in [2.24, 2.45) is 0 Å². The average molecular weight is 249 g/mol. The number of hydrogen-bond donors (Lipinski definition) is 2. The highest BCUT2D eigenvalue weighted by molar-refractivity contribution is 7.60. The predicted octanol–water partition coefficient (Wildman–Crippen LogP) is 1.48. The molecule has 2 N–H and O–H groups in total. The molecule has 88 valence electrons. The molecule has 5 heteroatoms. The lowest BCUT2D eigenvalue weighted by molar-refractivity contribution is 0.386. The van der Waals surface area contributed by atoms with E-state index >= 15 is 0 Å². The lowest BCUT2D eigenvalue weighted by Gasteiger charge is -2.05. The summed E-state index contributed by atoms with van der Waals surface area (Å²) < 4.78 is 11.1. The van der Waals surface area contributed by atoms with Crippen LogP contribution in [0.4, 0.5) is 0 Å². The van der Waals surface area contributed by atoms with Crippen LogP contribution in [-0.2, 0) is 11.0 Å². The van der Waals surface area contributed by atoms with Gasteiger partial charge in [0, 0.05) is 6.20 Å². The Balaban J connectivity index is 2.26. The minimum Gasteiger partial charge on any atom is -0.320 e. The van der Waals surface area contributed by atoms with Gasteiger partial charge in [0.2, 0.25) is 0 Å². The third-order valence-electron chi connectivity index (χ3n) is 2.36. The van der Waals surface area contributed by atoms with Crippen LogP contribution in [0.15, 0.2) is 48.7 Å². The first-order valence-corrected chi connectivity index (χ1v) is 6.72. The van der Waals surface area contributed by atoms with Gasteiger partial charge in [0.15, 0.2) is 5.44 Å². The molecule has 0 radical (unpaired) electrons. The zero-order valence-electron chi connectivity index (χ0n) is 9.02. The van der Waals surface area contributed by atoms with E-state index in [1.165, 1.54) is 12.3 Å². The molecule has 1 aromatic heterocycles. The summed E-state index contributed by atoms with van der Waals surface area (Å²) in [6, 6.07) is 12.9. The fourth-order valence-corrected chi connectivity index (χ4v) is 2.11. The maximum absolute atomic E-state index is 11.1. The molecule has 0 aliphatic heterocycles. The lowest BCUT2D eigenvalue weighted by atomic mass is 10.1. The van der Waals surface area contributed by atoms with Gasteiger partial charge in [-0.2, -0.15) is 0 Å². The van der Waals surface area contributed by atoms with E-state index in [0.29, 0.717) is 6.42 Å². The summed E-state index contributed by atoms with van der Waals surface area (Å²) in [5, 5.41) is 0. The zero-order valence-corrected chi connectivity index (χ0v) is 9.92. The van der Waals surface area contributed by atoms with Crippen molar-refractivity contribution >= 4 is 13.0 Å². The minimum absolute atomic E-state index is 0.175. The molecule has 0 saturated carbocycles. The second-order valence-corrected chi connectivity index (χ2v) is 5.27. The topological polar surface area (TPSA) is 70.4 Å². The maximum atomic E-state index is 11.1. The Hall–Kier alpha value is -1.48. The summed E-state index contributed by atoms with van der Waals surface area (Å²) in [7, 11) is -4.26. The van der Waals surface area contributed by atoms with Crippen LogP contribution in [0.3, 0.4) is 0 Å². The molecule has 0 aliphatic rings. The number of benzene rings is 1. The van der Waals surface area contributed by atoms with E-state index in [9.17, 15) is 4.57 Å². The van der Waals surface area contributed by atoms with E-state index in [1.807, 2.05) is 30.3 Å². The standard InChI is InChI=1S/C12H12NO3P/c14-17(15,16)12-9-11(6-7-13-12)8-10-4-2-1-3-5-10/h1-7,9H,8H2,(H2,14,15,16). The summed E-state index contributed by atoms with van der Waals surface area (Å²) in [5.74, 6) is 0. The molecule has 1 heterocycles. The van der Waals surface area contributed by atoms with Crippen molar-refractivity contribution in [2.75, 3.05) is 0 Å². The molecule has 17 heavy (non-hydrogen) atoms. The normalized spacial score (nSPS) is 11.4. The third kappa shape index (κ3) is 3.24. The lowest BCUT2D eigenvalue weighted by Crippen LogP contribution is -2.09. The molecule has 0 saturated heterocycles. The van der Waals surface area contributed by atoms with Crippen molar-refractivity contribution < 1.29 is 14.4 Å². The molecule has 2 aromatic rings. The van der Waals surface area contributed by atoms with E-state index < -0.39 is 7.60 Å². The maximum Gasteiger partial charge on any atom is 0.374 e. The molecular formula is C12H12NO3P. The number of pyridine rings is 1. The van der Waals surface area contributed by atoms with Gasteiger partial charge in [-0.15, -0.1) is 0 Å². The Bertz CT molecular complexity index is 551. The number of hydrogen-bond acceptors (Lipinski definition) is 2. The molecule has 4 nitrogen and oxygen atoms in total. The predicted molar refractivity (Wildman–Crippen MR) is 65.2 cm³/mol. The molecule has 2 rings (SSSR count). The van der Waals surface area contributed by atoms with Crippen LogP contribution in [0.5, 0.6) is 0 Å². The monoisotopic (exact) mass is 249 g/mol. The highest BCUT2D eigenvalue weighted by atomic mass is 31.2. The Morgan fingerprint density at radius 1 is 1.06 bits per heavy atom. The van der Waals surface area contributed by atoms with Crippen molar-refractivity contribution in [3.05, 3.63) is 59.8 Å². The molecular weight excluding hydrogens is 237 g/mol. The largest absolute Gasteiger partial charge is 0.374 e. The van der Waals surface area contributed by atoms with E-state index in [0.717, 1.165) is 11.1 Å². The fourth-order valence-electron chi connectivity index (χ4n) is 1.56. The molecule has 0 unspecified atom stereocenters. The van der Waals surface area contributed by atoms with Crippen LogP contribution >= 0.6 is 7.60 Å². The molecule has 0 fully saturated rings. The molecule has 1 aromatic carbocycles. The van der Waals surface area contributed by atoms with Gasteiger partial charge in [-0.1, -0.05) is 30.3 Å². The average Bonchev–Trinajstić information content (AvgIpc) is 2.29. The van der Waals surface area contributed by atoms with Crippen molar-refractivity contribution in [3.8, 4) is 0 Å². The van der Waals surface area contributed by atoms with Crippen LogP contribution in [-0.4, -0.2) is 14.8 Å². The summed E-state index contributed by atoms with van der Waals surface area (Å²) >= 11 is 0. The van der Waals surface area contributed by atoms with Gasteiger partial charge in [-0.25, -0.2) is 4.98 Å². The zero-order chi connectivity index (χ0) is 12.3. The van der Waals surface area contributed by atoms with Crippen LogP contribution in [0, 0.1) is 0 Å². The molecule has 0 atom stereocenters. The quantitative estimate of drug-likeness (QED) is 0.808. The first-order valence-electron chi connectivity index (χ1n) is 5.11. The number of aromatic nitrogens is 1. The second-order valence-electron chi connectivity index (χ2n) is 3.73. The van der Waals surface area contributed by atoms with Crippen molar-refractivity contribution in [3.63, 3.8) is 0 Å². The van der Waals surface area contributed by atoms with E-state index in [4.69, 9.17) is 9.79 Å². The van der Waals surface area contributed by atoms with E-state index in [1.54, 1.807) is 6.07 Å². The van der Waals surface area contributed by atoms with Crippen molar-refractivity contribution in [2.45, 2.75) is 6.42 Å². The number of nitrogens with zero attached hydrogens (tertiary/aromatic N) is 1. The molecule has 0 amide bonds. The highest BCUT2D eigenvalue weighted by Gasteiger charge is 2.18. The third-order valence-corrected chi connectivity index (χ3v) is 3.20. The van der Waals surface area contributed by atoms with Crippen LogP contribution in [0.25, 0.3) is 0 Å². The second kappa shape index (κ2) is 4.80. The number of rotatable bonds is 3. The molecule has 0 spiro atoms. The minimum atomic E-state index is -4.26. The van der Waals surface area contributed by atoms with E-state index in [2.05, 4.69) is 4.98 Å². The van der Waals surface area contributed by atoms with Gasteiger partial charge < -0.3 is 9.79 Å². The van der Waals surface area contributed by atoms with Crippen molar-refractivity contribution in [1.29, 1.82) is 0 Å². The van der Waals surface area contributed by atoms with Gasteiger partial charge in [0.1, 0.15) is 0 Å². The van der Waals surface area contributed by atoms with Crippen LogP contribution < -0.4 is 5.44 Å². The smallest absolute Gasteiger partial charge is 0.320 e. The SMILES string of the molecule is O=P(O)(O)c1cc(Cc2ccccc2)ccn1. The van der Waals surface area contributed by atoms with Gasteiger partial charge >= 0.3 is 7.60 Å². The Morgan fingerprint density at radius 3 is 2.41 bits per heavy atom. The van der Waals surface area contributed by atoms with Gasteiger partial charge in [-0.3, -0.25) is 4.57 Å². The van der Waals surface area contributed by atoms with Crippen LogP contribution in [0.2, 0.25) is 0 Å². The molecule has 0 bridgehead atoms. The van der Waals surface area contributed by atoms with Gasteiger partial charge in [0.05, 0.1) is 0 Å². The van der Waals surface area contributed by atoms with Crippen molar-refractivity contribution in [1.82, 2.24) is 4.98 Å². The van der Waals surface area contributed by atoms with Crippen LogP contribution in [0.1, 0.15) is 11.1 Å². The summed E-state index contributed by atoms with van der Waals surface area (Å²) in [6.07, 6.45) is 2.06. The summed E-state index contributed by atoms with van der Waals surface area (Å²) in [5.41, 5.74) is 1.76. The van der Waals surface area contributed by atoms with E-state index in [-0.39, 0.29) is 5.44 Å². The Morgan fingerprint density at radius 2 is 1.76 bits per heavy atom. The van der Waals surface area contributed by atoms with Gasteiger partial charge in [-0.05, 0) is 29.7 Å². The first-order chi connectivity index (χ1) is 8.05. The summed E-state index contributed by atoms with van der Waals surface area (Å²) in [6.45, 7) is 0. The Kier molecular flexibility index (Phi) is 3.38. The first kappa shape index (κ1) is 12.0.